The summed E-state index contributed by atoms with van der Waals surface area (Å²) in [7, 11) is 0. The van der Waals surface area contributed by atoms with Crippen LogP contribution in [0, 0.1) is 5.92 Å². The fourth-order valence-corrected chi connectivity index (χ4v) is 1.14. The van der Waals surface area contributed by atoms with Crippen LogP contribution in [-0.2, 0) is 9.53 Å². The molecule has 0 aliphatic heterocycles. The molecular weight excluding hydrogens is 154 g/mol. The van der Waals surface area contributed by atoms with Crippen LogP contribution in [-0.4, -0.2) is 18.5 Å². The van der Waals surface area contributed by atoms with Crippen molar-refractivity contribution in [1.82, 2.24) is 0 Å². The van der Waals surface area contributed by atoms with E-state index < -0.39 is 11.9 Å². The Labute approximate surface area is 63.5 Å². The van der Waals surface area contributed by atoms with E-state index in [1.807, 2.05) is 0 Å². The molecule has 0 amide bonds. The number of carbonyl (C=O) groups is 1. The number of alkyl halides is 2. The molecule has 0 N–H and O–H groups in total. The van der Waals surface area contributed by atoms with Crippen LogP contribution in [0.5, 0.6) is 0 Å². The van der Waals surface area contributed by atoms with Crippen molar-refractivity contribution in [3.05, 3.63) is 0 Å². The van der Waals surface area contributed by atoms with E-state index in [0.29, 0.717) is 0 Å². The summed E-state index contributed by atoms with van der Waals surface area (Å²) in [5.41, 5.74) is 0. The van der Waals surface area contributed by atoms with Gasteiger partial charge < -0.3 is 4.74 Å². The highest BCUT2D eigenvalue weighted by Crippen LogP contribution is 2.42. The Hall–Kier alpha value is -0.670. The highest BCUT2D eigenvalue weighted by Gasteiger charge is 2.45. The average Bonchev–Trinajstić information content (AvgIpc) is 1.78. The number of hydrogen-bond acceptors (Lipinski definition) is 2. The molecule has 0 heterocycles. The third-order valence-electron chi connectivity index (χ3n) is 1.70. The van der Waals surface area contributed by atoms with E-state index in [-0.39, 0.29) is 25.4 Å². The van der Waals surface area contributed by atoms with Crippen molar-refractivity contribution in [2.75, 3.05) is 6.61 Å². The van der Waals surface area contributed by atoms with Crippen LogP contribution in [0.3, 0.4) is 0 Å². The van der Waals surface area contributed by atoms with Crippen molar-refractivity contribution < 1.29 is 18.3 Å². The van der Waals surface area contributed by atoms with Gasteiger partial charge in [0.25, 0.3) is 0 Å². The van der Waals surface area contributed by atoms with E-state index in [2.05, 4.69) is 4.74 Å². The summed E-state index contributed by atoms with van der Waals surface area (Å²) in [6.07, 6.45) is -0.277. The Kier molecular flexibility index (Phi) is 2.11. The van der Waals surface area contributed by atoms with Gasteiger partial charge in [-0.05, 0) is 0 Å². The normalized spacial score (nSPS) is 22.5. The fourth-order valence-electron chi connectivity index (χ4n) is 1.14. The molecule has 64 valence electrons. The summed E-state index contributed by atoms with van der Waals surface area (Å²) in [6.45, 7) is 1.42. The molecule has 4 heteroatoms. The van der Waals surface area contributed by atoms with Crippen LogP contribution in [0.4, 0.5) is 8.78 Å². The van der Waals surface area contributed by atoms with Gasteiger partial charge in [0.1, 0.15) is 0 Å². The lowest BCUT2D eigenvalue weighted by atomic mass is 9.82. The summed E-state index contributed by atoms with van der Waals surface area (Å²) >= 11 is 0. The van der Waals surface area contributed by atoms with E-state index in [1.54, 1.807) is 0 Å². The summed E-state index contributed by atoms with van der Waals surface area (Å²) in [5, 5.41) is 0. The number of halogens is 2. The first-order valence-electron chi connectivity index (χ1n) is 3.51. The van der Waals surface area contributed by atoms with Gasteiger partial charge in [0, 0.05) is 25.7 Å². The van der Waals surface area contributed by atoms with Gasteiger partial charge in [-0.3, -0.25) is 4.79 Å². The zero-order valence-electron chi connectivity index (χ0n) is 6.27. The number of hydrogen-bond donors (Lipinski definition) is 0. The smallest absolute Gasteiger partial charge is 0.302 e. The van der Waals surface area contributed by atoms with Crippen molar-refractivity contribution in [1.29, 1.82) is 0 Å². The number of esters is 1. The van der Waals surface area contributed by atoms with E-state index >= 15 is 0 Å². The van der Waals surface area contributed by atoms with Crippen molar-refractivity contribution >= 4 is 5.97 Å². The first-order chi connectivity index (χ1) is 4.99. The molecular formula is C7H10F2O2. The molecule has 0 spiro atoms. The standard InChI is InChI=1S/C7H10F2O2/c1-5(10)11-4-6-2-7(8,9)3-6/h6H,2-4H2,1H3. The molecule has 11 heavy (non-hydrogen) atoms. The highest BCUT2D eigenvalue weighted by atomic mass is 19.3. The zero-order valence-corrected chi connectivity index (χ0v) is 6.27. The molecule has 0 saturated heterocycles. The van der Waals surface area contributed by atoms with Crippen molar-refractivity contribution in [2.24, 2.45) is 5.92 Å². The molecule has 0 radical (unpaired) electrons. The van der Waals surface area contributed by atoms with Gasteiger partial charge in [-0.1, -0.05) is 0 Å². The SMILES string of the molecule is CC(=O)OCC1CC(F)(F)C1. The second kappa shape index (κ2) is 2.75. The minimum absolute atomic E-state index is 0.131. The molecule has 1 rings (SSSR count). The average molecular weight is 164 g/mol. The van der Waals surface area contributed by atoms with E-state index in [0.717, 1.165) is 0 Å². The monoisotopic (exact) mass is 164 g/mol. The first kappa shape index (κ1) is 8.43. The topological polar surface area (TPSA) is 26.3 Å². The molecule has 0 bridgehead atoms. The molecule has 2 nitrogen and oxygen atoms in total. The molecule has 0 aromatic heterocycles. The molecule has 1 fully saturated rings. The highest BCUT2D eigenvalue weighted by molar-refractivity contribution is 5.65. The maximum atomic E-state index is 12.2. The molecule has 1 aliphatic carbocycles. The Bertz CT molecular complexity index is 160. The summed E-state index contributed by atoms with van der Waals surface area (Å²) < 4.78 is 28.9. The molecule has 0 aromatic carbocycles. The first-order valence-corrected chi connectivity index (χ1v) is 3.51. The van der Waals surface area contributed by atoms with Gasteiger partial charge in [0.05, 0.1) is 6.61 Å². The molecule has 0 unspecified atom stereocenters. The van der Waals surface area contributed by atoms with Crippen LogP contribution >= 0.6 is 0 Å². The fraction of sp³-hybridized carbons (Fsp3) is 0.857. The molecule has 0 atom stereocenters. The Balaban J connectivity index is 2.09. The lowest BCUT2D eigenvalue weighted by molar-refractivity contribution is -0.155. The van der Waals surface area contributed by atoms with Gasteiger partial charge in [-0.25, -0.2) is 8.78 Å². The second-order valence-corrected chi connectivity index (χ2v) is 2.93. The van der Waals surface area contributed by atoms with Gasteiger partial charge in [-0.15, -0.1) is 0 Å². The van der Waals surface area contributed by atoms with Crippen LogP contribution in [0.1, 0.15) is 19.8 Å². The van der Waals surface area contributed by atoms with Crippen molar-refractivity contribution in [3.8, 4) is 0 Å². The van der Waals surface area contributed by atoms with Gasteiger partial charge in [0.2, 0.25) is 5.92 Å². The van der Waals surface area contributed by atoms with E-state index in [4.69, 9.17) is 0 Å². The minimum Gasteiger partial charge on any atom is -0.466 e. The van der Waals surface area contributed by atoms with Crippen LogP contribution in [0.2, 0.25) is 0 Å². The summed E-state index contributed by atoms with van der Waals surface area (Å²) in [6, 6.07) is 0. The second-order valence-electron chi connectivity index (χ2n) is 2.93. The van der Waals surface area contributed by atoms with Crippen molar-refractivity contribution in [3.63, 3.8) is 0 Å². The van der Waals surface area contributed by atoms with Crippen LogP contribution < -0.4 is 0 Å². The van der Waals surface area contributed by atoms with Gasteiger partial charge in [0.15, 0.2) is 0 Å². The molecule has 0 aromatic rings. The minimum atomic E-state index is -2.51. The van der Waals surface area contributed by atoms with Crippen LogP contribution in [0.25, 0.3) is 0 Å². The lowest BCUT2D eigenvalue weighted by Crippen LogP contribution is -2.38. The maximum Gasteiger partial charge on any atom is 0.302 e. The van der Waals surface area contributed by atoms with Crippen LogP contribution in [0.15, 0.2) is 0 Å². The third-order valence-corrected chi connectivity index (χ3v) is 1.70. The van der Waals surface area contributed by atoms with E-state index in [1.165, 1.54) is 6.92 Å². The number of ether oxygens (including phenoxy) is 1. The molecule has 1 aliphatic rings. The third kappa shape index (κ3) is 2.44. The Morgan fingerprint density at radius 3 is 2.55 bits per heavy atom. The summed E-state index contributed by atoms with van der Waals surface area (Å²) in [4.78, 5) is 10.2. The Morgan fingerprint density at radius 2 is 2.18 bits per heavy atom. The Morgan fingerprint density at radius 1 is 1.64 bits per heavy atom. The van der Waals surface area contributed by atoms with E-state index in [9.17, 15) is 13.6 Å². The largest absolute Gasteiger partial charge is 0.466 e. The maximum absolute atomic E-state index is 12.2. The summed E-state index contributed by atoms with van der Waals surface area (Å²) in [5.74, 6) is -3.04. The van der Waals surface area contributed by atoms with Gasteiger partial charge >= 0.3 is 5.97 Å². The molecule has 1 saturated carbocycles. The van der Waals surface area contributed by atoms with Crippen molar-refractivity contribution in [2.45, 2.75) is 25.7 Å². The quantitative estimate of drug-likeness (QED) is 0.579. The predicted molar refractivity (Wildman–Crippen MR) is 34.3 cm³/mol. The number of rotatable bonds is 2. The van der Waals surface area contributed by atoms with Gasteiger partial charge in [-0.2, -0.15) is 0 Å². The zero-order chi connectivity index (χ0) is 8.48. The predicted octanol–water partition coefficient (Wildman–Crippen LogP) is 1.59. The lowest BCUT2D eigenvalue weighted by Gasteiger charge is -2.34. The number of carbonyl (C=O) groups excluding carboxylic acids is 1.